The summed E-state index contributed by atoms with van der Waals surface area (Å²) in [4.78, 5) is 12.0. The Balaban J connectivity index is 2.31. The molecule has 0 spiro atoms. The van der Waals surface area contributed by atoms with Gasteiger partial charge in [0.15, 0.2) is 0 Å². The fourth-order valence-electron chi connectivity index (χ4n) is 1.80. The molecule has 0 saturated carbocycles. The third-order valence-corrected chi connectivity index (χ3v) is 2.80. The van der Waals surface area contributed by atoms with Gasteiger partial charge in [-0.3, -0.25) is 0 Å². The molecule has 19 heavy (non-hydrogen) atoms. The summed E-state index contributed by atoms with van der Waals surface area (Å²) in [6.07, 6.45) is 0. The molecular weight excluding hydrogens is 244 g/mol. The van der Waals surface area contributed by atoms with Crippen LogP contribution < -0.4 is 4.74 Å². The minimum Gasteiger partial charge on any atom is -0.508 e. The first-order valence-corrected chi connectivity index (χ1v) is 5.79. The van der Waals surface area contributed by atoms with Gasteiger partial charge in [-0.25, -0.2) is 4.79 Å². The number of para-hydroxylation sites is 1. The Kier molecular flexibility index (Phi) is 3.42. The maximum absolute atomic E-state index is 12.0. The van der Waals surface area contributed by atoms with Crippen molar-refractivity contribution in [1.29, 1.82) is 0 Å². The lowest BCUT2D eigenvalue weighted by Gasteiger charge is -2.11. The first kappa shape index (κ1) is 13.0. The van der Waals surface area contributed by atoms with Gasteiger partial charge in [-0.15, -0.1) is 0 Å². The van der Waals surface area contributed by atoms with Gasteiger partial charge in [-0.05, 0) is 37.1 Å². The van der Waals surface area contributed by atoms with Gasteiger partial charge in [0.05, 0.1) is 0 Å². The van der Waals surface area contributed by atoms with E-state index in [-0.39, 0.29) is 17.1 Å². The number of phenols is 2. The van der Waals surface area contributed by atoms with Crippen LogP contribution in [0.4, 0.5) is 0 Å². The highest BCUT2D eigenvalue weighted by atomic mass is 16.5. The zero-order chi connectivity index (χ0) is 14.0. The number of carbonyl (C=O) groups excluding carboxylic acids is 1. The van der Waals surface area contributed by atoms with E-state index in [1.165, 1.54) is 12.1 Å². The lowest BCUT2D eigenvalue weighted by atomic mass is 10.1. The fourth-order valence-corrected chi connectivity index (χ4v) is 1.80. The molecule has 0 aliphatic carbocycles. The van der Waals surface area contributed by atoms with Crippen LogP contribution >= 0.6 is 0 Å². The molecule has 0 aromatic heterocycles. The molecule has 0 radical (unpaired) electrons. The van der Waals surface area contributed by atoms with E-state index in [9.17, 15) is 15.0 Å². The van der Waals surface area contributed by atoms with E-state index in [4.69, 9.17) is 4.74 Å². The molecule has 4 nitrogen and oxygen atoms in total. The Morgan fingerprint density at radius 3 is 2.26 bits per heavy atom. The lowest BCUT2D eigenvalue weighted by molar-refractivity contribution is 0.0729. The number of aryl methyl sites for hydroxylation is 2. The molecule has 2 rings (SSSR count). The predicted molar refractivity (Wildman–Crippen MR) is 70.6 cm³/mol. The zero-order valence-corrected chi connectivity index (χ0v) is 10.7. The van der Waals surface area contributed by atoms with Gasteiger partial charge in [0.25, 0.3) is 0 Å². The average Bonchev–Trinajstić information content (AvgIpc) is 2.33. The summed E-state index contributed by atoms with van der Waals surface area (Å²) in [5.74, 6) is -0.591. The summed E-state index contributed by atoms with van der Waals surface area (Å²) < 4.78 is 5.30. The molecule has 98 valence electrons. The number of rotatable bonds is 2. The van der Waals surface area contributed by atoms with Crippen molar-refractivity contribution >= 4 is 5.97 Å². The Labute approximate surface area is 110 Å². The Hall–Kier alpha value is -2.49. The van der Waals surface area contributed by atoms with Crippen LogP contribution in [0.5, 0.6) is 17.2 Å². The number of hydrogen-bond acceptors (Lipinski definition) is 4. The molecule has 0 heterocycles. The number of phenolic OH excluding ortho intramolecular Hbond substituents is 2. The Morgan fingerprint density at radius 2 is 1.68 bits per heavy atom. The van der Waals surface area contributed by atoms with Gasteiger partial charge in [0.2, 0.25) is 0 Å². The second kappa shape index (κ2) is 5.02. The smallest absolute Gasteiger partial charge is 0.347 e. The minimum atomic E-state index is -0.658. The number of esters is 1. The quantitative estimate of drug-likeness (QED) is 0.642. The minimum absolute atomic E-state index is 0.0143. The molecule has 0 amide bonds. The molecule has 2 aromatic carbocycles. The molecule has 2 N–H and O–H groups in total. The molecule has 0 aliphatic rings. The van der Waals surface area contributed by atoms with Crippen LogP contribution in [0.25, 0.3) is 0 Å². The second-order valence-electron chi connectivity index (χ2n) is 4.31. The lowest BCUT2D eigenvalue weighted by Crippen LogP contribution is -2.10. The summed E-state index contributed by atoms with van der Waals surface area (Å²) in [6, 6.07) is 9.29. The summed E-state index contributed by atoms with van der Waals surface area (Å²) in [5, 5.41) is 18.8. The van der Waals surface area contributed by atoms with Gasteiger partial charge < -0.3 is 14.9 Å². The van der Waals surface area contributed by atoms with Crippen LogP contribution in [0, 0.1) is 13.8 Å². The average molecular weight is 258 g/mol. The first-order valence-electron chi connectivity index (χ1n) is 5.79. The van der Waals surface area contributed by atoms with Gasteiger partial charge in [-0.1, -0.05) is 18.2 Å². The monoisotopic (exact) mass is 258 g/mol. The Bertz CT molecular complexity index is 612. The van der Waals surface area contributed by atoms with Crippen molar-refractivity contribution < 1.29 is 19.7 Å². The molecule has 0 aliphatic heterocycles. The highest BCUT2D eigenvalue weighted by Crippen LogP contribution is 2.27. The highest BCUT2D eigenvalue weighted by Gasteiger charge is 2.16. The van der Waals surface area contributed by atoms with Crippen LogP contribution in [-0.4, -0.2) is 16.2 Å². The number of carbonyl (C=O) groups is 1. The normalized spacial score (nSPS) is 10.2. The maximum atomic E-state index is 12.0. The third kappa shape index (κ3) is 2.68. The van der Waals surface area contributed by atoms with Crippen LogP contribution in [0.1, 0.15) is 21.5 Å². The van der Waals surface area contributed by atoms with E-state index in [0.29, 0.717) is 5.75 Å². The van der Waals surface area contributed by atoms with Gasteiger partial charge in [0.1, 0.15) is 22.8 Å². The molecular formula is C15H14O4. The van der Waals surface area contributed by atoms with Crippen molar-refractivity contribution in [1.82, 2.24) is 0 Å². The number of ether oxygens (including phenoxy) is 1. The number of aromatic hydroxyl groups is 2. The van der Waals surface area contributed by atoms with Crippen LogP contribution in [-0.2, 0) is 0 Å². The van der Waals surface area contributed by atoms with Crippen LogP contribution in [0.3, 0.4) is 0 Å². The van der Waals surface area contributed by atoms with Gasteiger partial charge in [-0.2, -0.15) is 0 Å². The van der Waals surface area contributed by atoms with E-state index in [2.05, 4.69) is 0 Å². The topological polar surface area (TPSA) is 66.8 Å². The number of hydrogen-bond donors (Lipinski definition) is 2. The summed E-state index contributed by atoms with van der Waals surface area (Å²) >= 11 is 0. The van der Waals surface area contributed by atoms with Crippen molar-refractivity contribution in [2.45, 2.75) is 13.8 Å². The van der Waals surface area contributed by atoms with Crippen molar-refractivity contribution in [3.05, 3.63) is 53.1 Å². The fraction of sp³-hybridized carbons (Fsp3) is 0.133. The number of benzene rings is 2. The van der Waals surface area contributed by atoms with Gasteiger partial charge in [0, 0.05) is 6.07 Å². The van der Waals surface area contributed by atoms with Crippen LogP contribution in [0.2, 0.25) is 0 Å². The van der Waals surface area contributed by atoms with E-state index in [1.54, 1.807) is 0 Å². The molecule has 0 bridgehead atoms. The SMILES string of the molecule is Cc1cccc(C)c1OC(=O)c1ccc(O)cc1O. The second-order valence-corrected chi connectivity index (χ2v) is 4.31. The standard InChI is InChI=1S/C15H14O4/c1-9-4-3-5-10(2)14(9)19-15(18)12-7-6-11(16)8-13(12)17/h3-8,16-17H,1-2H3. The van der Waals surface area contributed by atoms with E-state index >= 15 is 0 Å². The van der Waals surface area contributed by atoms with Gasteiger partial charge >= 0.3 is 5.97 Å². The third-order valence-electron chi connectivity index (χ3n) is 2.80. The molecule has 0 unspecified atom stereocenters. The molecule has 2 aromatic rings. The zero-order valence-electron chi connectivity index (χ0n) is 10.7. The van der Waals surface area contributed by atoms with Crippen molar-refractivity contribution in [2.24, 2.45) is 0 Å². The highest BCUT2D eigenvalue weighted by molar-refractivity contribution is 5.94. The first-order chi connectivity index (χ1) is 8.99. The predicted octanol–water partition coefficient (Wildman–Crippen LogP) is 2.93. The van der Waals surface area contributed by atoms with E-state index in [0.717, 1.165) is 17.2 Å². The van der Waals surface area contributed by atoms with E-state index < -0.39 is 5.97 Å². The molecule has 4 heteroatoms. The van der Waals surface area contributed by atoms with E-state index in [1.807, 2.05) is 32.0 Å². The summed E-state index contributed by atoms with van der Waals surface area (Å²) in [7, 11) is 0. The molecule has 0 saturated heterocycles. The summed E-state index contributed by atoms with van der Waals surface area (Å²) in [6.45, 7) is 3.68. The van der Waals surface area contributed by atoms with Crippen molar-refractivity contribution in [2.75, 3.05) is 0 Å². The molecule has 0 fully saturated rings. The summed E-state index contributed by atoms with van der Waals surface area (Å²) in [5.41, 5.74) is 1.69. The Morgan fingerprint density at radius 1 is 1.05 bits per heavy atom. The maximum Gasteiger partial charge on any atom is 0.347 e. The molecule has 0 atom stereocenters. The van der Waals surface area contributed by atoms with Crippen LogP contribution in [0.15, 0.2) is 36.4 Å². The largest absolute Gasteiger partial charge is 0.508 e. The van der Waals surface area contributed by atoms with Crippen molar-refractivity contribution in [3.63, 3.8) is 0 Å². The van der Waals surface area contributed by atoms with Crippen molar-refractivity contribution in [3.8, 4) is 17.2 Å².